The van der Waals surface area contributed by atoms with Gasteiger partial charge in [-0.3, -0.25) is 14.9 Å². The summed E-state index contributed by atoms with van der Waals surface area (Å²) in [5, 5.41) is 2.05. The molecule has 0 radical (unpaired) electrons. The van der Waals surface area contributed by atoms with Crippen LogP contribution in [0.2, 0.25) is 0 Å². The van der Waals surface area contributed by atoms with Crippen molar-refractivity contribution in [3.63, 3.8) is 0 Å². The van der Waals surface area contributed by atoms with Crippen molar-refractivity contribution in [2.24, 2.45) is 11.7 Å². The van der Waals surface area contributed by atoms with Crippen LogP contribution in [0.25, 0.3) is 0 Å². The van der Waals surface area contributed by atoms with E-state index in [0.717, 1.165) is 4.90 Å². The maximum atomic E-state index is 12.5. The van der Waals surface area contributed by atoms with Gasteiger partial charge in [-0.1, -0.05) is 12.1 Å². The smallest absolute Gasteiger partial charge is 0.311 e. The summed E-state index contributed by atoms with van der Waals surface area (Å²) >= 11 is 0. The quantitative estimate of drug-likeness (QED) is 0.281. The monoisotopic (exact) mass is 355 g/mol. The van der Waals surface area contributed by atoms with E-state index >= 15 is 0 Å². The number of nitrogens with two attached hydrogens (primary N) is 1. The maximum Gasteiger partial charge on any atom is 0.325 e. The van der Waals surface area contributed by atoms with Gasteiger partial charge < -0.3 is 10.6 Å². The Morgan fingerprint density at radius 1 is 1.25 bits per heavy atom. The summed E-state index contributed by atoms with van der Waals surface area (Å²) in [6.07, 6.45) is -1.10. The van der Waals surface area contributed by atoms with Crippen molar-refractivity contribution in [2.45, 2.75) is 11.1 Å². The number of nitrogens with one attached hydrogen (secondary N) is 3. The summed E-state index contributed by atoms with van der Waals surface area (Å²) in [5.74, 6) is -2.67. The summed E-state index contributed by atoms with van der Waals surface area (Å²) in [7, 11) is -0.979. The van der Waals surface area contributed by atoms with Gasteiger partial charge >= 0.3 is 6.03 Å². The van der Waals surface area contributed by atoms with E-state index in [0.29, 0.717) is 0 Å². The molecule has 1 aliphatic rings. The number of amides is 3. The van der Waals surface area contributed by atoms with Crippen molar-refractivity contribution in [3.8, 4) is 0 Å². The number of carbonyl (C=O) groups is 3. The molecule has 1 fully saturated rings. The number of hydrogen-bond acceptors (Lipinski definition) is 7. The molecule has 1 saturated heterocycles. The normalized spacial score (nSPS) is 21.5. The molecule has 0 spiro atoms. The van der Waals surface area contributed by atoms with Crippen LogP contribution in [0, 0.1) is 5.92 Å². The Morgan fingerprint density at radius 3 is 2.38 bits per heavy atom. The lowest BCUT2D eigenvalue weighted by atomic mass is 9.92. The van der Waals surface area contributed by atoms with E-state index in [-0.39, 0.29) is 10.5 Å². The number of nitrogens with zero attached hydrogens (tertiary/aromatic N) is 1. The van der Waals surface area contributed by atoms with E-state index in [4.69, 9.17) is 5.73 Å². The van der Waals surface area contributed by atoms with Crippen LogP contribution in [0.4, 0.5) is 4.79 Å². The average molecular weight is 355 g/mol. The lowest BCUT2D eigenvalue weighted by Gasteiger charge is -2.34. The molecule has 11 heteroatoms. The van der Waals surface area contributed by atoms with Gasteiger partial charge in [0.05, 0.1) is 4.90 Å². The Balaban J connectivity index is 2.27. The van der Waals surface area contributed by atoms with Crippen molar-refractivity contribution in [1.29, 1.82) is 0 Å². The molecular formula is C13H17N5O5S. The van der Waals surface area contributed by atoms with Gasteiger partial charge in [0, 0.05) is 12.6 Å². The molecule has 1 heterocycles. The fourth-order valence-corrected chi connectivity index (χ4v) is 3.11. The van der Waals surface area contributed by atoms with Crippen molar-refractivity contribution >= 4 is 27.7 Å². The second kappa shape index (κ2) is 6.65. The van der Waals surface area contributed by atoms with Crippen LogP contribution in [-0.4, -0.2) is 51.3 Å². The highest BCUT2D eigenvalue weighted by atomic mass is 32.2. The molecule has 0 saturated carbocycles. The number of carbonyl (C=O) groups excluding carboxylic acids is 3. The Bertz CT molecular complexity index is 776. The molecule has 2 rings (SSSR count). The summed E-state index contributed by atoms with van der Waals surface area (Å²) < 4.78 is 23.6. The lowest BCUT2D eigenvalue weighted by Crippen LogP contribution is -2.64. The van der Waals surface area contributed by atoms with E-state index in [1.54, 1.807) is 0 Å². The first-order valence-electron chi connectivity index (χ1n) is 6.85. The molecule has 5 N–H and O–H groups in total. The predicted molar refractivity (Wildman–Crippen MR) is 82.9 cm³/mol. The topological polar surface area (TPSA) is 151 Å². The number of ketones is 1. The van der Waals surface area contributed by atoms with Gasteiger partial charge in [-0.15, -0.1) is 4.83 Å². The fraction of sp³-hybridized carbons (Fsp3) is 0.308. The van der Waals surface area contributed by atoms with E-state index in [2.05, 4.69) is 10.3 Å². The molecule has 0 aliphatic carbocycles. The number of imide groups is 1. The number of hydrazine groups is 1. The highest BCUT2D eigenvalue weighted by Gasteiger charge is 2.42. The van der Waals surface area contributed by atoms with Gasteiger partial charge in [0.25, 0.3) is 10.0 Å². The van der Waals surface area contributed by atoms with Gasteiger partial charge in [0.2, 0.25) is 5.91 Å². The van der Waals surface area contributed by atoms with Crippen LogP contribution in [0.5, 0.6) is 0 Å². The standard InChI is InChI=1S/C13H17N5O5S/c1-15-17-24(22,23)8-5-3-7(4-6-8)10(19)9-11(14)18(2)13(21)16-12(9)20/h3-6,9,11,15,17H,14H2,1-2H3,(H,16,20,21). The third-order valence-corrected chi connectivity index (χ3v) is 4.96. The van der Waals surface area contributed by atoms with E-state index < -0.39 is 39.8 Å². The minimum atomic E-state index is -3.74. The molecule has 24 heavy (non-hydrogen) atoms. The highest BCUT2D eigenvalue weighted by molar-refractivity contribution is 7.89. The van der Waals surface area contributed by atoms with Crippen LogP contribution in [0.15, 0.2) is 29.2 Å². The number of hydrogen-bond donors (Lipinski definition) is 4. The maximum absolute atomic E-state index is 12.5. The SMILES string of the molecule is CNNS(=O)(=O)c1ccc(C(=O)C2C(=O)NC(=O)N(C)C2N)cc1. The third kappa shape index (κ3) is 3.28. The molecule has 2 atom stereocenters. The highest BCUT2D eigenvalue weighted by Crippen LogP contribution is 2.19. The lowest BCUT2D eigenvalue weighted by molar-refractivity contribution is -0.125. The second-order valence-electron chi connectivity index (χ2n) is 5.12. The van der Waals surface area contributed by atoms with Crippen molar-refractivity contribution < 1.29 is 22.8 Å². The summed E-state index contributed by atoms with van der Waals surface area (Å²) in [6, 6.07) is 4.34. The molecule has 3 amide bonds. The van der Waals surface area contributed by atoms with Gasteiger partial charge in [-0.2, -0.15) is 0 Å². The zero-order chi connectivity index (χ0) is 18.1. The molecule has 2 unspecified atom stereocenters. The van der Waals surface area contributed by atoms with Crippen LogP contribution in [0.1, 0.15) is 10.4 Å². The number of rotatable bonds is 5. The molecule has 0 aromatic heterocycles. The van der Waals surface area contributed by atoms with E-state index in [1.165, 1.54) is 38.4 Å². The molecule has 130 valence electrons. The molecule has 0 bridgehead atoms. The summed E-state index contributed by atoms with van der Waals surface area (Å²) in [4.78, 5) is 39.0. The first-order valence-corrected chi connectivity index (χ1v) is 8.33. The molecule has 1 aromatic carbocycles. The first kappa shape index (κ1) is 18.0. The summed E-state index contributed by atoms with van der Waals surface area (Å²) in [6.45, 7) is 0. The average Bonchev–Trinajstić information content (AvgIpc) is 2.52. The van der Waals surface area contributed by atoms with Crippen molar-refractivity contribution in [2.75, 3.05) is 14.1 Å². The van der Waals surface area contributed by atoms with E-state index in [1.807, 2.05) is 5.32 Å². The predicted octanol–water partition coefficient (Wildman–Crippen LogP) is -1.64. The van der Waals surface area contributed by atoms with Gasteiger partial charge in [-0.25, -0.2) is 18.6 Å². The minimum Gasteiger partial charge on any atom is -0.311 e. The van der Waals surface area contributed by atoms with Crippen LogP contribution < -0.4 is 21.3 Å². The number of urea groups is 1. The number of Topliss-reactive ketones (excluding diaryl/α,β-unsaturated/α-hetero) is 1. The zero-order valence-corrected chi connectivity index (χ0v) is 13.8. The van der Waals surface area contributed by atoms with Crippen LogP contribution in [-0.2, 0) is 14.8 Å². The molecule has 10 nitrogen and oxygen atoms in total. The van der Waals surface area contributed by atoms with E-state index in [9.17, 15) is 22.8 Å². The summed E-state index contributed by atoms with van der Waals surface area (Å²) in [5.41, 5.74) is 8.20. The van der Waals surface area contributed by atoms with Crippen molar-refractivity contribution in [1.82, 2.24) is 20.5 Å². The fourth-order valence-electron chi connectivity index (χ4n) is 2.23. The Kier molecular flexibility index (Phi) is 4.99. The Labute approximate surface area is 138 Å². The van der Waals surface area contributed by atoms with Crippen LogP contribution >= 0.6 is 0 Å². The third-order valence-electron chi connectivity index (χ3n) is 3.59. The Hall–Kier alpha value is -2.34. The van der Waals surface area contributed by atoms with Gasteiger partial charge in [-0.05, 0) is 19.2 Å². The number of sulfonamides is 1. The van der Waals surface area contributed by atoms with Crippen LogP contribution in [0.3, 0.4) is 0 Å². The molecular weight excluding hydrogens is 338 g/mol. The molecule has 1 aliphatic heterocycles. The van der Waals surface area contributed by atoms with Gasteiger partial charge in [0.15, 0.2) is 5.78 Å². The minimum absolute atomic E-state index is 0.0573. The van der Waals surface area contributed by atoms with Gasteiger partial charge in [0.1, 0.15) is 12.1 Å². The second-order valence-corrected chi connectivity index (χ2v) is 6.80. The molecule has 1 aromatic rings. The zero-order valence-electron chi connectivity index (χ0n) is 12.9. The van der Waals surface area contributed by atoms with Crippen molar-refractivity contribution in [3.05, 3.63) is 29.8 Å². The first-order chi connectivity index (χ1) is 11.2. The Morgan fingerprint density at radius 2 is 1.83 bits per heavy atom. The number of benzene rings is 1. The largest absolute Gasteiger partial charge is 0.325 e.